The molecule has 1 unspecified atom stereocenters. The van der Waals surface area contributed by atoms with Crippen LogP contribution in [0.25, 0.3) is 0 Å². The van der Waals surface area contributed by atoms with Gasteiger partial charge in [-0.05, 0) is 48.4 Å². The third-order valence-electron chi connectivity index (χ3n) is 3.74. The molecule has 0 fully saturated rings. The number of carbonyl (C=O) groups is 3. The summed E-state index contributed by atoms with van der Waals surface area (Å²) < 4.78 is 13.0. The second kappa shape index (κ2) is 8.79. The second-order valence-electron chi connectivity index (χ2n) is 6.26. The number of hydrogen-bond donors (Lipinski definition) is 4. The third kappa shape index (κ3) is 5.81. The molecule has 0 radical (unpaired) electrons. The number of hydrogen-bond acceptors (Lipinski definition) is 3. The van der Waals surface area contributed by atoms with Crippen molar-refractivity contribution >= 4 is 29.2 Å². The van der Waals surface area contributed by atoms with E-state index in [0.717, 1.165) is 0 Å². The summed E-state index contributed by atoms with van der Waals surface area (Å²) in [5.41, 5.74) is 6.19. The lowest BCUT2D eigenvalue weighted by Crippen LogP contribution is -2.47. The van der Waals surface area contributed by atoms with Crippen LogP contribution in [0.5, 0.6) is 0 Å². The molecule has 5 N–H and O–H groups in total. The fourth-order valence-electron chi connectivity index (χ4n) is 2.40. The quantitative estimate of drug-likeness (QED) is 0.625. The van der Waals surface area contributed by atoms with Crippen LogP contribution in [-0.4, -0.2) is 23.9 Å². The molecule has 142 valence electrons. The second-order valence-corrected chi connectivity index (χ2v) is 6.26. The van der Waals surface area contributed by atoms with Crippen molar-refractivity contribution < 1.29 is 18.8 Å². The van der Waals surface area contributed by atoms with E-state index in [1.807, 2.05) is 0 Å². The van der Waals surface area contributed by atoms with Gasteiger partial charge in [-0.15, -0.1) is 0 Å². The molecule has 0 aliphatic heterocycles. The highest BCUT2D eigenvalue weighted by molar-refractivity contribution is 6.01. The molecule has 0 saturated carbocycles. The van der Waals surface area contributed by atoms with Crippen LogP contribution < -0.4 is 21.7 Å². The number of benzene rings is 2. The van der Waals surface area contributed by atoms with E-state index in [1.54, 1.807) is 38.1 Å². The lowest BCUT2D eigenvalue weighted by atomic mass is 10.0. The van der Waals surface area contributed by atoms with Crippen LogP contribution >= 0.6 is 0 Å². The molecule has 7 nitrogen and oxygen atoms in total. The molecule has 0 aliphatic rings. The number of rotatable bonds is 6. The van der Waals surface area contributed by atoms with E-state index in [9.17, 15) is 18.8 Å². The summed E-state index contributed by atoms with van der Waals surface area (Å²) in [4.78, 5) is 35.9. The van der Waals surface area contributed by atoms with Crippen LogP contribution in [0.15, 0.2) is 48.5 Å². The van der Waals surface area contributed by atoms with Crippen molar-refractivity contribution in [3.05, 3.63) is 59.9 Å². The summed E-state index contributed by atoms with van der Waals surface area (Å²) in [5, 5.41) is 7.77. The molecule has 1 atom stereocenters. The first kappa shape index (κ1) is 19.9. The van der Waals surface area contributed by atoms with Crippen molar-refractivity contribution in [3.8, 4) is 0 Å². The van der Waals surface area contributed by atoms with Crippen molar-refractivity contribution in [2.24, 2.45) is 11.7 Å². The standard InChI is InChI=1S/C19H21FN4O3/c1-11(2)16(24-17(25)12-6-8-13(20)9-7-12)18(26)22-14-4-3-5-15(10-14)23-19(21)27/h3-11,16H,1-2H3,(H,22,26)(H,24,25)(H3,21,23,27). The van der Waals surface area contributed by atoms with Gasteiger partial charge in [0.15, 0.2) is 0 Å². The predicted octanol–water partition coefficient (Wildman–Crippen LogP) is 2.71. The van der Waals surface area contributed by atoms with Crippen LogP contribution in [0.1, 0.15) is 24.2 Å². The summed E-state index contributed by atoms with van der Waals surface area (Å²) in [7, 11) is 0. The Hall–Kier alpha value is -3.42. The van der Waals surface area contributed by atoms with Gasteiger partial charge in [-0.1, -0.05) is 19.9 Å². The highest BCUT2D eigenvalue weighted by atomic mass is 19.1. The number of halogens is 1. The molecule has 2 rings (SSSR count). The number of carbonyl (C=O) groups excluding carboxylic acids is 3. The molecule has 2 aromatic rings. The smallest absolute Gasteiger partial charge is 0.316 e. The summed E-state index contributed by atoms with van der Waals surface area (Å²) in [6, 6.07) is 9.97. The molecular formula is C19H21FN4O3. The Morgan fingerprint density at radius 1 is 0.963 bits per heavy atom. The molecule has 4 amide bonds. The number of anilines is 2. The van der Waals surface area contributed by atoms with E-state index < -0.39 is 29.7 Å². The maximum atomic E-state index is 13.0. The fourth-order valence-corrected chi connectivity index (χ4v) is 2.40. The molecule has 0 aliphatic carbocycles. The van der Waals surface area contributed by atoms with Crippen LogP contribution in [0.3, 0.4) is 0 Å². The first-order chi connectivity index (χ1) is 12.8. The number of nitrogens with one attached hydrogen (secondary N) is 3. The SMILES string of the molecule is CC(C)C(NC(=O)c1ccc(F)cc1)C(=O)Nc1cccc(NC(N)=O)c1. The average Bonchev–Trinajstić information content (AvgIpc) is 2.59. The Morgan fingerprint density at radius 3 is 2.11 bits per heavy atom. The summed E-state index contributed by atoms with van der Waals surface area (Å²) in [5.74, 6) is -1.54. The molecule has 0 saturated heterocycles. The first-order valence-electron chi connectivity index (χ1n) is 8.30. The van der Waals surface area contributed by atoms with Crippen molar-refractivity contribution in [3.63, 3.8) is 0 Å². The number of urea groups is 1. The number of amides is 4. The maximum Gasteiger partial charge on any atom is 0.316 e. The van der Waals surface area contributed by atoms with Crippen LogP contribution in [0.4, 0.5) is 20.6 Å². The summed E-state index contributed by atoms with van der Waals surface area (Å²) in [6.07, 6.45) is 0. The van der Waals surface area contributed by atoms with Gasteiger partial charge in [0, 0.05) is 16.9 Å². The molecular weight excluding hydrogens is 351 g/mol. The van der Waals surface area contributed by atoms with Gasteiger partial charge in [0.1, 0.15) is 11.9 Å². The van der Waals surface area contributed by atoms with E-state index in [-0.39, 0.29) is 11.5 Å². The highest BCUT2D eigenvalue weighted by Crippen LogP contribution is 2.16. The molecule has 2 aromatic carbocycles. The highest BCUT2D eigenvalue weighted by Gasteiger charge is 2.25. The molecule has 0 aromatic heterocycles. The van der Waals surface area contributed by atoms with Crippen LogP contribution in [0, 0.1) is 11.7 Å². The Labute approximate surface area is 156 Å². The van der Waals surface area contributed by atoms with Gasteiger partial charge >= 0.3 is 6.03 Å². The van der Waals surface area contributed by atoms with E-state index in [0.29, 0.717) is 11.4 Å². The van der Waals surface area contributed by atoms with E-state index in [2.05, 4.69) is 16.0 Å². The molecule has 0 heterocycles. The molecule has 27 heavy (non-hydrogen) atoms. The van der Waals surface area contributed by atoms with Crippen LogP contribution in [-0.2, 0) is 4.79 Å². The Bertz CT molecular complexity index is 837. The van der Waals surface area contributed by atoms with Crippen LogP contribution in [0.2, 0.25) is 0 Å². The maximum absolute atomic E-state index is 13.0. The minimum absolute atomic E-state index is 0.193. The summed E-state index contributed by atoms with van der Waals surface area (Å²) in [6.45, 7) is 3.58. The zero-order valence-corrected chi connectivity index (χ0v) is 15.0. The van der Waals surface area contributed by atoms with Gasteiger partial charge in [-0.25, -0.2) is 9.18 Å². The lowest BCUT2D eigenvalue weighted by Gasteiger charge is -2.22. The van der Waals surface area contributed by atoms with Crippen molar-refractivity contribution in [2.45, 2.75) is 19.9 Å². The lowest BCUT2D eigenvalue weighted by molar-refractivity contribution is -0.118. The first-order valence-corrected chi connectivity index (χ1v) is 8.30. The largest absolute Gasteiger partial charge is 0.351 e. The normalized spacial score (nSPS) is 11.6. The molecule has 0 spiro atoms. The van der Waals surface area contributed by atoms with Gasteiger partial charge in [0.05, 0.1) is 0 Å². The van der Waals surface area contributed by atoms with E-state index in [4.69, 9.17) is 5.73 Å². The third-order valence-corrected chi connectivity index (χ3v) is 3.74. The summed E-state index contributed by atoms with van der Waals surface area (Å²) >= 11 is 0. The van der Waals surface area contributed by atoms with Gasteiger partial charge < -0.3 is 21.7 Å². The van der Waals surface area contributed by atoms with Crippen molar-refractivity contribution in [1.29, 1.82) is 0 Å². The fraction of sp³-hybridized carbons (Fsp3) is 0.211. The molecule has 0 bridgehead atoms. The average molecular weight is 372 g/mol. The minimum Gasteiger partial charge on any atom is -0.351 e. The van der Waals surface area contributed by atoms with E-state index in [1.165, 1.54) is 24.3 Å². The number of primary amides is 1. The van der Waals surface area contributed by atoms with Gasteiger partial charge in [-0.2, -0.15) is 0 Å². The Kier molecular flexibility index (Phi) is 6.48. The van der Waals surface area contributed by atoms with Gasteiger partial charge in [-0.3, -0.25) is 9.59 Å². The topological polar surface area (TPSA) is 113 Å². The zero-order valence-electron chi connectivity index (χ0n) is 15.0. The van der Waals surface area contributed by atoms with E-state index >= 15 is 0 Å². The van der Waals surface area contributed by atoms with Gasteiger partial charge in [0.25, 0.3) is 5.91 Å². The minimum atomic E-state index is -0.810. The monoisotopic (exact) mass is 372 g/mol. The number of nitrogens with two attached hydrogens (primary N) is 1. The van der Waals surface area contributed by atoms with Crippen molar-refractivity contribution in [1.82, 2.24) is 5.32 Å². The van der Waals surface area contributed by atoms with Gasteiger partial charge in [0.2, 0.25) is 5.91 Å². The Balaban J connectivity index is 2.09. The Morgan fingerprint density at radius 2 is 1.56 bits per heavy atom. The van der Waals surface area contributed by atoms with Crippen molar-refractivity contribution in [2.75, 3.05) is 10.6 Å². The molecule has 8 heteroatoms. The zero-order chi connectivity index (χ0) is 20.0. The predicted molar refractivity (Wildman–Crippen MR) is 101 cm³/mol.